The Kier molecular flexibility index (Phi) is 5.10. The first kappa shape index (κ1) is 16.4. The molecule has 0 saturated carbocycles. The minimum Gasteiger partial charge on any atom is -0.370 e. The van der Waals surface area contributed by atoms with Crippen molar-refractivity contribution >= 4 is 17.6 Å². The van der Waals surface area contributed by atoms with E-state index in [0.29, 0.717) is 18.3 Å². The second-order valence-electron chi connectivity index (χ2n) is 6.32. The number of hydrogen-bond donors (Lipinski definition) is 2. The van der Waals surface area contributed by atoms with Crippen LogP contribution in [0.4, 0.5) is 11.7 Å². The van der Waals surface area contributed by atoms with E-state index in [1.165, 1.54) is 0 Å². The highest BCUT2D eigenvalue weighted by atomic mass is 16.5. The molecule has 2 N–H and O–H groups in total. The fourth-order valence-electron chi connectivity index (χ4n) is 2.92. The van der Waals surface area contributed by atoms with Gasteiger partial charge in [0.25, 0.3) is 0 Å². The van der Waals surface area contributed by atoms with Gasteiger partial charge in [-0.2, -0.15) is 0 Å². The van der Waals surface area contributed by atoms with Gasteiger partial charge in [-0.25, -0.2) is 4.98 Å². The highest BCUT2D eigenvalue weighted by Crippen LogP contribution is 2.17. The van der Waals surface area contributed by atoms with Crippen LogP contribution in [-0.2, 0) is 4.79 Å². The number of aromatic nitrogens is 2. The van der Waals surface area contributed by atoms with E-state index in [-0.39, 0.29) is 5.91 Å². The SMILES string of the molecule is Cc1cc(NC(=O)CN2CCC(CNc3cccc(C)n3)C2)on1. The van der Waals surface area contributed by atoms with Gasteiger partial charge in [0, 0.05) is 24.8 Å². The molecule has 24 heavy (non-hydrogen) atoms. The Morgan fingerprint density at radius 3 is 3.00 bits per heavy atom. The number of amides is 1. The predicted molar refractivity (Wildman–Crippen MR) is 91.9 cm³/mol. The summed E-state index contributed by atoms with van der Waals surface area (Å²) in [6.07, 6.45) is 1.08. The number of rotatable bonds is 6. The second-order valence-corrected chi connectivity index (χ2v) is 6.32. The first-order valence-corrected chi connectivity index (χ1v) is 8.21. The molecule has 1 saturated heterocycles. The molecule has 3 rings (SSSR count). The van der Waals surface area contributed by atoms with Crippen molar-refractivity contribution in [1.29, 1.82) is 0 Å². The molecule has 0 bridgehead atoms. The van der Waals surface area contributed by atoms with Crippen LogP contribution in [0, 0.1) is 19.8 Å². The van der Waals surface area contributed by atoms with Crippen molar-refractivity contribution in [2.45, 2.75) is 20.3 Å². The zero-order valence-electron chi connectivity index (χ0n) is 14.1. The van der Waals surface area contributed by atoms with E-state index in [4.69, 9.17) is 4.52 Å². The van der Waals surface area contributed by atoms with Gasteiger partial charge < -0.3 is 9.84 Å². The molecule has 7 heteroatoms. The Morgan fingerprint density at radius 1 is 1.38 bits per heavy atom. The van der Waals surface area contributed by atoms with E-state index in [9.17, 15) is 4.79 Å². The third-order valence-electron chi connectivity index (χ3n) is 4.09. The smallest absolute Gasteiger partial charge is 0.240 e. The molecule has 1 aliphatic heterocycles. The highest BCUT2D eigenvalue weighted by Gasteiger charge is 2.24. The van der Waals surface area contributed by atoms with Crippen molar-refractivity contribution in [3.8, 4) is 0 Å². The molecule has 1 aliphatic rings. The van der Waals surface area contributed by atoms with Gasteiger partial charge in [0.05, 0.1) is 12.2 Å². The lowest BCUT2D eigenvalue weighted by Gasteiger charge is -2.15. The van der Waals surface area contributed by atoms with E-state index in [1.54, 1.807) is 6.07 Å². The van der Waals surface area contributed by atoms with E-state index in [1.807, 2.05) is 32.0 Å². The van der Waals surface area contributed by atoms with E-state index in [2.05, 4.69) is 25.7 Å². The van der Waals surface area contributed by atoms with Gasteiger partial charge in [0.15, 0.2) is 0 Å². The summed E-state index contributed by atoms with van der Waals surface area (Å²) >= 11 is 0. The van der Waals surface area contributed by atoms with Crippen molar-refractivity contribution in [2.75, 3.05) is 36.8 Å². The van der Waals surface area contributed by atoms with Gasteiger partial charge in [0.1, 0.15) is 5.82 Å². The molecule has 0 aliphatic carbocycles. The van der Waals surface area contributed by atoms with Crippen molar-refractivity contribution in [3.63, 3.8) is 0 Å². The lowest BCUT2D eigenvalue weighted by atomic mass is 10.1. The Hall–Kier alpha value is -2.41. The zero-order chi connectivity index (χ0) is 16.9. The monoisotopic (exact) mass is 329 g/mol. The third kappa shape index (κ3) is 4.55. The maximum Gasteiger partial charge on any atom is 0.240 e. The van der Waals surface area contributed by atoms with Crippen molar-refractivity contribution in [1.82, 2.24) is 15.0 Å². The number of pyridine rings is 1. The number of hydrogen-bond acceptors (Lipinski definition) is 6. The molecule has 3 heterocycles. The fraction of sp³-hybridized carbons (Fsp3) is 0.471. The standard InChI is InChI=1S/C17H23N5O2/c1-12-4-3-5-15(19-12)18-9-14-6-7-22(10-14)11-16(23)20-17-8-13(2)21-24-17/h3-5,8,14H,6-7,9-11H2,1-2H3,(H,18,19)(H,20,23). The van der Waals surface area contributed by atoms with Crippen LogP contribution in [0.2, 0.25) is 0 Å². The molecule has 128 valence electrons. The minimum absolute atomic E-state index is 0.0693. The number of nitrogens with zero attached hydrogens (tertiary/aromatic N) is 3. The third-order valence-corrected chi connectivity index (χ3v) is 4.09. The van der Waals surface area contributed by atoms with Crippen LogP contribution in [0.1, 0.15) is 17.8 Å². The summed E-state index contributed by atoms with van der Waals surface area (Å²) in [5, 5.41) is 9.87. The molecule has 2 aromatic heterocycles. The maximum absolute atomic E-state index is 12.0. The summed E-state index contributed by atoms with van der Waals surface area (Å²) in [5.74, 6) is 1.76. The van der Waals surface area contributed by atoms with Crippen LogP contribution < -0.4 is 10.6 Å². The zero-order valence-corrected chi connectivity index (χ0v) is 14.1. The molecule has 0 spiro atoms. The molecular formula is C17H23N5O2. The molecule has 0 radical (unpaired) electrons. The first-order valence-electron chi connectivity index (χ1n) is 8.21. The predicted octanol–water partition coefficient (Wildman–Crippen LogP) is 2.06. The van der Waals surface area contributed by atoms with Gasteiger partial charge >= 0.3 is 0 Å². The largest absolute Gasteiger partial charge is 0.370 e. The van der Waals surface area contributed by atoms with Gasteiger partial charge in [-0.05, 0) is 44.9 Å². The number of aryl methyl sites for hydroxylation is 2. The van der Waals surface area contributed by atoms with E-state index >= 15 is 0 Å². The number of nitrogens with one attached hydrogen (secondary N) is 2. The second kappa shape index (κ2) is 7.44. The maximum atomic E-state index is 12.0. The van der Waals surface area contributed by atoms with Crippen LogP contribution in [0.3, 0.4) is 0 Å². The molecule has 2 aromatic rings. The Morgan fingerprint density at radius 2 is 2.25 bits per heavy atom. The summed E-state index contributed by atoms with van der Waals surface area (Å²) < 4.78 is 5.00. The molecule has 1 amide bonds. The quantitative estimate of drug-likeness (QED) is 0.844. The van der Waals surface area contributed by atoms with Crippen molar-refractivity contribution < 1.29 is 9.32 Å². The van der Waals surface area contributed by atoms with Crippen LogP contribution >= 0.6 is 0 Å². The Bertz CT molecular complexity index is 700. The summed E-state index contributed by atoms with van der Waals surface area (Å²) in [4.78, 5) is 18.6. The van der Waals surface area contributed by atoms with E-state index < -0.39 is 0 Å². The fourth-order valence-corrected chi connectivity index (χ4v) is 2.92. The molecule has 1 unspecified atom stereocenters. The summed E-state index contributed by atoms with van der Waals surface area (Å²) in [7, 11) is 0. The lowest BCUT2D eigenvalue weighted by molar-refractivity contribution is -0.117. The average molecular weight is 329 g/mol. The number of anilines is 2. The Balaban J connectivity index is 1.41. The molecule has 1 fully saturated rings. The van der Waals surface area contributed by atoms with Crippen molar-refractivity contribution in [3.05, 3.63) is 35.7 Å². The van der Waals surface area contributed by atoms with Crippen LogP contribution in [-0.4, -0.2) is 47.1 Å². The molecule has 7 nitrogen and oxygen atoms in total. The van der Waals surface area contributed by atoms with Gasteiger partial charge in [-0.3, -0.25) is 15.0 Å². The Labute approximate surface area is 141 Å². The van der Waals surface area contributed by atoms with Crippen molar-refractivity contribution in [2.24, 2.45) is 5.92 Å². The highest BCUT2D eigenvalue weighted by molar-refractivity contribution is 5.90. The average Bonchev–Trinajstić information content (AvgIpc) is 3.14. The minimum atomic E-state index is -0.0693. The summed E-state index contributed by atoms with van der Waals surface area (Å²) in [6, 6.07) is 7.67. The molecular weight excluding hydrogens is 306 g/mol. The summed E-state index contributed by atoms with van der Waals surface area (Å²) in [5.41, 5.74) is 1.76. The topological polar surface area (TPSA) is 83.3 Å². The molecule has 0 aromatic carbocycles. The normalized spacial score (nSPS) is 17.8. The van der Waals surface area contributed by atoms with E-state index in [0.717, 1.165) is 43.3 Å². The van der Waals surface area contributed by atoms with Crippen LogP contribution in [0.5, 0.6) is 0 Å². The van der Waals surface area contributed by atoms with Crippen LogP contribution in [0.25, 0.3) is 0 Å². The van der Waals surface area contributed by atoms with Crippen LogP contribution in [0.15, 0.2) is 28.8 Å². The molecule has 1 atom stereocenters. The number of carbonyl (C=O) groups is 1. The van der Waals surface area contributed by atoms with Gasteiger partial charge in [-0.1, -0.05) is 11.2 Å². The summed E-state index contributed by atoms with van der Waals surface area (Å²) in [6.45, 7) is 6.88. The number of likely N-dealkylation sites (tertiary alicyclic amines) is 1. The van der Waals surface area contributed by atoms with Gasteiger partial charge in [0.2, 0.25) is 11.8 Å². The lowest BCUT2D eigenvalue weighted by Crippen LogP contribution is -2.32. The first-order chi connectivity index (χ1) is 11.6. The number of carbonyl (C=O) groups excluding carboxylic acids is 1. The van der Waals surface area contributed by atoms with Gasteiger partial charge in [-0.15, -0.1) is 0 Å².